The fourth-order valence-electron chi connectivity index (χ4n) is 2.67. The van der Waals surface area contributed by atoms with Gasteiger partial charge in [-0.1, -0.05) is 33.1 Å². The van der Waals surface area contributed by atoms with Crippen molar-refractivity contribution in [1.29, 1.82) is 0 Å². The fraction of sp³-hybridized carbons (Fsp3) is 1.00. The van der Waals surface area contributed by atoms with Crippen LogP contribution in [0.4, 0.5) is 0 Å². The summed E-state index contributed by atoms with van der Waals surface area (Å²) in [5.74, 6) is 0. The van der Waals surface area contributed by atoms with Gasteiger partial charge in [-0.3, -0.25) is 4.90 Å². The molecule has 3 nitrogen and oxygen atoms in total. The molecule has 1 rings (SSSR count). The van der Waals surface area contributed by atoms with Gasteiger partial charge in [0.2, 0.25) is 0 Å². The maximum Gasteiger partial charge on any atom is 0.0594 e. The first kappa shape index (κ1) is 15.9. The Bertz CT molecular complexity index is 193. The van der Waals surface area contributed by atoms with Crippen molar-refractivity contribution in [1.82, 2.24) is 9.80 Å². The van der Waals surface area contributed by atoms with E-state index in [0.29, 0.717) is 0 Å². The van der Waals surface area contributed by atoms with Crippen molar-refractivity contribution >= 4 is 0 Å². The summed E-state index contributed by atoms with van der Waals surface area (Å²) < 4.78 is 5.39. The molecule has 0 N–H and O–H groups in total. The molecule has 1 aliphatic rings. The maximum atomic E-state index is 5.39. The van der Waals surface area contributed by atoms with Crippen LogP contribution in [0.1, 0.15) is 46.0 Å². The Labute approximate surface area is 113 Å². The molecule has 0 spiro atoms. The summed E-state index contributed by atoms with van der Waals surface area (Å²) in [6.45, 7) is 11.1. The van der Waals surface area contributed by atoms with Crippen LogP contribution in [0.15, 0.2) is 0 Å². The maximum absolute atomic E-state index is 5.39. The summed E-state index contributed by atoms with van der Waals surface area (Å²) in [5.41, 5.74) is 0. The van der Waals surface area contributed by atoms with Crippen molar-refractivity contribution in [3.05, 3.63) is 0 Å². The van der Waals surface area contributed by atoms with Crippen LogP contribution >= 0.6 is 0 Å². The van der Waals surface area contributed by atoms with E-state index in [1.807, 2.05) is 0 Å². The minimum atomic E-state index is 0.776. The first-order chi connectivity index (χ1) is 8.77. The number of hydrogen-bond donors (Lipinski definition) is 0. The molecule has 0 saturated carbocycles. The van der Waals surface area contributed by atoms with Crippen molar-refractivity contribution in [3.63, 3.8) is 0 Å². The molecular weight excluding hydrogens is 224 g/mol. The molecule has 0 bridgehead atoms. The number of nitrogens with zero attached hydrogens (tertiary/aromatic N) is 2. The molecule has 3 heteroatoms. The van der Waals surface area contributed by atoms with E-state index in [9.17, 15) is 0 Å². The second-order valence-electron chi connectivity index (χ2n) is 5.49. The second-order valence-corrected chi connectivity index (χ2v) is 5.49. The van der Waals surface area contributed by atoms with Gasteiger partial charge >= 0.3 is 0 Å². The molecule has 1 fully saturated rings. The van der Waals surface area contributed by atoms with Crippen LogP contribution in [0.25, 0.3) is 0 Å². The van der Waals surface area contributed by atoms with Crippen LogP contribution in [-0.2, 0) is 4.74 Å². The smallest absolute Gasteiger partial charge is 0.0594 e. The Morgan fingerprint density at radius 2 is 1.89 bits per heavy atom. The van der Waals surface area contributed by atoms with Crippen LogP contribution in [0.2, 0.25) is 0 Å². The summed E-state index contributed by atoms with van der Waals surface area (Å²) in [7, 11) is 2.29. The van der Waals surface area contributed by atoms with Gasteiger partial charge in [0.15, 0.2) is 0 Å². The van der Waals surface area contributed by atoms with Crippen molar-refractivity contribution in [3.8, 4) is 0 Å². The summed E-state index contributed by atoms with van der Waals surface area (Å²) in [6.07, 6.45) is 6.74. The lowest BCUT2D eigenvalue weighted by molar-refractivity contribution is 0.0322. The van der Waals surface area contributed by atoms with Gasteiger partial charge in [0, 0.05) is 32.2 Å². The van der Waals surface area contributed by atoms with Gasteiger partial charge in [0.1, 0.15) is 0 Å². The molecule has 0 amide bonds. The van der Waals surface area contributed by atoms with Gasteiger partial charge in [-0.05, 0) is 19.9 Å². The zero-order valence-electron chi connectivity index (χ0n) is 12.7. The van der Waals surface area contributed by atoms with E-state index >= 15 is 0 Å². The third-order valence-corrected chi connectivity index (χ3v) is 4.11. The number of rotatable bonds is 9. The van der Waals surface area contributed by atoms with Crippen LogP contribution in [0, 0.1) is 0 Å². The van der Waals surface area contributed by atoms with Gasteiger partial charge in [-0.2, -0.15) is 0 Å². The average molecular weight is 256 g/mol. The summed E-state index contributed by atoms with van der Waals surface area (Å²) in [6, 6.07) is 0.776. The number of morpholine rings is 1. The van der Waals surface area contributed by atoms with Crippen molar-refractivity contribution in [2.75, 3.05) is 46.4 Å². The van der Waals surface area contributed by atoms with Crippen molar-refractivity contribution in [2.45, 2.75) is 52.0 Å². The molecule has 108 valence electrons. The Hall–Kier alpha value is -0.120. The largest absolute Gasteiger partial charge is 0.379 e. The average Bonchev–Trinajstić information content (AvgIpc) is 2.42. The number of hydrogen-bond acceptors (Lipinski definition) is 3. The Morgan fingerprint density at radius 3 is 2.50 bits per heavy atom. The number of ether oxygens (including phenoxy) is 1. The lowest BCUT2D eigenvalue weighted by Gasteiger charge is -2.32. The molecule has 0 aromatic heterocycles. The predicted molar refractivity (Wildman–Crippen MR) is 78.1 cm³/mol. The highest BCUT2D eigenvalue weighted by molar-refractivity contribution is 4.70. The Morgan fingerprint density at radius 1 is 1.17 bits per heavy atom. The highest BCUT2D eigenvalue weighted by atomic mass is 16.5. The quantitative estimate of drug-likeness (QED) is 0.590. The van der Waals surface area contributed by atoms with E-state index in [1.54, 1.807) is 0 Å². The Balaban J connectivity index is 2.17. The molecule has 0 radical (unpaired) electrons. The summed E-state index contributed by atoms with van der Waals surface area (Å²) in [4.78, 5) is 5.09. The van der Waals surface area contributed by atoms with E-state index in [2.05, 4.69) is 30.7 Å². The molecule has 0 aromatic carbocycles. The summed E-state index contributed by atoms with van der Waals surface area (Å²) in [5, 5.41) is 0. The standard InChI is InChI=1S/C15H32N2O/c1-4-6-7-8-15(5-2)16(3)9-10-17-11-13-18-14-12-17/h15H,4-14H2,1-3H3. The Kier molecular flexibility index (Phi) is 8.64. The van der Waals surface area contributed by atoms with Gasteiger partial charge in [0.05, 0.1) is 13.2 Å². The van der Waals surface area contributed by atoms with E-state index in [-0.39, 0.29) is 0 Å². The highest BCUT2D eigenvalue weighted by Gasteiger charge is 2.15. The predicted octanol–water partition coefficient (Wildman–Crippen LogP) is 2.61. The van der Waals surface area contributed by atoms with E-state index in [4.69, 9.17) is 4.74 Å². The van der Waals surface area contributed by atoms with Crippen LogP contribution in [0.3, 0.4) is 0 Å². The summed E-state index contributed by atoms with van der Waals surface area (Å²) >= 11 is 0. The molecule has 18 heavy (non-hydrogen) atoms. The molecule has 0 aromatic rings. The van der Waals surface area contributed by atoms with Crippen LogP contribution in [0.5, 0.6) is 0 Å². The molecular formula is C15H32N2O. The zero-order valence-corrected chi connectivity index (χ0v) is 12.7. The first-order valence-electron chi connectivity index (χ1n) is 7.78. The van der Waals surface area contributed by atoms with E-state index in [1.165, 1.54) is 45.2 Å². The van der Waals surface area contributed by atoms with E-state index in [0.717, 1.165) is 32.3 Å². The van der Waals surface area contributed by atoms with Crippen molar-refractivity contribution in [2.24, 2.45) is 0 Å². The topological polar surface area (TPSA) is 15.7 Å². The van der Waals surface area contributed by atoms with Gasteiger partial charge < -0.3 is 9.64 Å². The number of unbranched alkanes of at least 4 members (excludes halogenated alkanes) is 2. The van der Waals surface area contributed by atoms with Gasteiger partial charge in [-0.25, -0.2) is 0 Å². The lowest BCUT2D eigenvalue weighted by atomic mass is 10.1. The lowest BCUT2D eigenvalue weighted by Crippen LogP contribution is -2.42. The molecule has 0 aliphatic carbocycles. The van der Waals surface area contributed by atoms with Crippen LogP contribution in [-0.4, -0.2) is 62.3 Å². The minimum Gasteiger partial charge on any atom is -0.379 e. The minimum absolute atomic E-state index is 0.776. The van der Waals surface area contributed by atoms with Gasteiger partial charge in [0.25, 0.3) is 0 Å². The second kappa shape index (κ2) is 9.76. The highest BCUT2D eigenvalue weighted by Crippen LogP contribution is 2.12. The number of likely N-dealkylation sites (N-methyl/N-ethyl adjacent to an activating group) is 1. The molecule has 1 atom stereocenters. The molecule has 1 saturated heterocycles. The fourth-order valence-corrected chi connectivity index (χ4v) is 2.67. The van der Waals surface area contributed by atoms with Crippen LogP contribution < -0.4 is 0 Å². The van der Waals surface area contributed by atoms with E-state index < -0.39 is 0 Å². The molecule has 1 aliphatic heterocycles. The molecule has 1 unspecified atom stereocenters. The first-order valence-corrected chi connectivity index (χ1v) is 7.78. The third kappa shape index (κ3) is 6.17. The third-order valence-electron chi connectivity index (χ3n) is 4.11. The molecule has 1 heterocycles. The van der Waals surface area contributed by atoms with Crippen molar-refractivity contribution < 1.29 is 4.74 Å². The SMILES string of the molecule is CCCCCC(CC)N(C)CCN1CCOCC1. The zero-order chi connectivity index (χ0) is 13.2. The monoisotopic (exact) mass is 256 g/mol. The van der Waals surface area contributed by atoms with Gasteiger partial charge in [-0.15, -0.1) is 0 Å². The normalized spacial score (nSPS) is 19.3.